The van der Waals surface area contributed by atoms with Crippen molar-refractivity contribution in [1.82, 2.24) is 15.5 Å². The van der Waals surface area contributed by atoms with Crippen molar-refractivity contribution in [2.45, 2.75) is 70.4 Å². The molecule has 1 heterocycles. The molecule has 3 aliphatic rings. The molecule has 1 atom stereocenters. The van der Waals surface area contributed by atoms with Gasteiger partial charge in [-0.05, 0) is 49.8 Å². The van der Waals surface area contributed by atoms with Gasteiger partial charge in [-0.25, -0.2) is 0 Å². The molecule has 2 aliphatic carbocycles. The van der Waals surface area contributed by atoms with Crippen LogP contribution in [0.5, 0.6) is 0 Å². The second-order valence-electron chi connectivity index (χ2n) is 9.49. The minimum Gasteiger partial charge on any atom is -0.352 e. The van der Waals surface area contributed by atoms with E-state index in [1.807, 2.05) is 29.2 Å². The van der Waals surface area contributed by atoms with Gasteiger partial charge in [-0.3, -0.25) is 14.6 Å². The summed E-state index contributed by atoms with van der Waals surface area (Å²) in [6, 6.07) is 8.18. The van der Waals surface area contributed by atoms with Gasteiger partial charge in [0.05, 0.1) is 0 Å². The number of anilines is 1. The molecule has 0 aromatic heterocycles. The minimum atomic E-state index is 0. The first-order valence-electron chi connectivity index (χ1n) is 12.3. The number of halogens is 1. The van der Waals surface area contributed by atoms with E-state index in [0.717, 1.165) is 68.8 Å². The molecule has 2 amide bonds. The molecule has 1 unspecified atom stereocenters. The van der Waals surface area contributed by atoms with Gasteiger partial charge < -0.3 is 20.9 Å². The first kappa shape index (κ1) is 25.8. The Bertz CT molecular complexity index is 836. The van der Waals surface area contributed by atoms with Gasteiger partial charge in [0.2, 0.25) is 11.8 Å². The Morgan fingerprint density at radius 1 is 1.03 bits per heavy atom. The second-order valence-corrected chi connectivity index (χ2v) is 9.49. The van der Waals surface area contributed by atoms with Crippen molar-refractivity contribution in [2.24, 2.45) is 16.8 Å². The first-order chi connectivity index (χ1) is 15.6. The van der Waals surface area contributed by atoms with Gasteiger partial charge in [0.1, 0.15) is 0 Å². The van der Waals surface area contributed by atoms with Crippen LogP contribution in [0.25, 0.3) is 0 Å². The molecule has 1 aliphatic heterocycles. The van der Waals surface area contributed by atoms with Crippen LogP contribution in [0.4, 0.5) is 5.69 Å². The van der Waals surface area contributed by atoms with Crippen molar-refractivity contribution in [2.75, 3.05) is 25.5 Å². The summed E-state index contributed by atoms with van der Waals surface area (Å²) in [5, 5.41) is 9.88. The number of nitrogens with zero attached hydrogens (tertiary/aromatic N) is 2. The van der Waals surface area contributed by atoms with E-state index in [9.17, 15) is 9.59 Å². The molecule has 1 aromatic carbocycles. The summed E-state index contributed by atoms with van der Waals surface area (Å²) in [5.74, 6) is 1.63. The van der Waals surface area contributed by atoms with Gasteiger partial charge in [-0.15, -0.1) is 24.0 Å². The van der Waals surface area contributed by atoms with Crippen LogP contribution >= 0.6 is 24.0 Å². The number of nitrogens with one attached hydrogen (secondary N) is 3. The summed E-state index contributed by atoms with van der Waals surface area (Å²) >= 11 is 0. The van der Waals surface area contributed by atoms with Crippen LogP contribution in [-0.2, 0) is 16.1 Å². The number of carbonyl (C=O) groups is 2. The average Bonchev–Trinajstić information content (AvgIpc) is 3.24. The molecule has 0 radical (unpaired) electrons. The molecule has 3 fully saturated rings. The zero-order valence-corrected chi connectivity index (χ0v) is 22.0. The molecular formula is C25H38IN5O2. The third kappa shape index (κ3) is 7.07. The number of hydrogen-bond acceptors (Lipinski definition) is 3. The maximum Gasteiger partial charge on any atom is 0.227 e. The van der Waals surface area contributed by atoms with Gasteiger partial charge in [0, 0.05) is 50.2 Å². The Kier molecular flexibility index (Phi) is 9.82. The van der Waals surface area contributed by atoms with E-state index < -0.39 is 0 Å². The largest absolute Gasteiger partial charge is 0.352 e. The Labute approximate surface area is 214 Å². The van der Waals surface area contributed by atoms with Crippen LogP contribution in [0.15, 0.2) is 29.3 Å². The highest BCUT2D eigenvalue weighted by Gasteiger charge is 2.31. The molecule has 8 heteroatoms. The number of likely N-dealkylation sites (tertiary alicyclic amines) is 1. The summed E-state index contributed by atoms with van der Waals surface area (Å²) in [7, 11) is 1.77. The van der Waals surface area contributed by atoms with E-state index in [1.165, 1.54) is 19.3 Å². The molecule has 1 aromatic rings. The Hall–Kier alpha value is -1.84. The normalized spacial score (nSPS) is 21.7. The number of carbonyl (C=O) groups excluding carboxylic acids is 2. The molecule has 3 N–H and O–H groups in total. The van der Waals surface area contributed by atoms with Crippen LogP contribution in [0, 0.1) is 11.8 Å². The summed E-state index contributed by atoms with van der Waals surface area (Å²) in [5.41, 5.74) is 1.93. The van der Waals surface area contributed by atoms with Crippen molar-refractivity contribution < 1.29 is 9.59 Å². The van der Waals surface area contributed by atoms with Crippen LogP contribution in [0.3, 0.4) is 0 Å². The standard InChI is InChI=1S/C25H37N5O2.HI/c1-26-25(29-22-13-14-30(17-22)24(32)20-8-3-2-4-9-20)27-16-18-7-5-12-21(15-18)28-23(31)19-10-6-11-19;/h5,7,12,15,19-20,22H,2-4,6,8-11,13-14,16-17H2,1H3,(H,28,31)(H2,26,27,29);1H. The predicted octanol–water partition coefficient (Wildman–Crippen LogP) is 3.89. The number of benzene rings is 1. The first-order valence-corrected chi connectivity index (χ1v) is 12.3. The van der Waals surface area contributed by atoms with Crippen LogP contribution < -0.4 is 16.0 Å². The van der Waals surface area contributed by atoms with Gasteiger partial charge >= 0.3 is 0 Å². The number of guanidine groups is 1. The lowest BCUT2D eigenvalue weighted by molar-refractivity contribution is -0.135. The van der Waals surface area contributed by atoms with E-state index in [-0.39, 0.29) is 47.8 Å². The molecule has 182 valence electrons. The highest BCUT2D eigenvalue weighted by atomic mass is 127. The van der Waals surface area contributed by atoms with Gasteiger partial charge in [-0.2, -0.15) is 0 Å². The zero-order chi connectivity index (χ0) is 22.3. The fourth-order valence-corrected chi connectivity index (χ4v) is 4.93. The maximum atomic E-state index is 12.8. The third-order valence-corrected chi connectivity index (χ3v) is 7.15. The average molecular weight is 568 g/mol. The SMILES string of the molecule is CN=C(NCc1cccc(NC(=O)C2CCC2)c1)NC1CCN(C(=O)C2CCCCC2)C1.I. The van der Waals surface area contributed by atoms with E-state index in [1.54, 1.807) is 7.05 Å². The Morgan fingerprint density at radius 2 is 1.79 bits per heavy atom. The van der Waals surface area contributed by atoms with Crippen molar-refractivity contribution >= 4 is 47.4 Å². The summed E-state index contributed by atoms with van der Waals surface area (Å²) in [4.78, 5) is 31.4. The molecule has 4 rings (SSSR count). The topological polar surface area (TPSA) is 85.8 Å². The van der Waals surface area contributed by atoms with Gasteiger partial charge in [-0.1, -0.05) is 37.8 Å². The Morgan fingerprint density at radius 3 is 2.48 bits per heavy atom. The molecule has 1 saturated heterocycles. The lowest BCUT2D eigenvalue weighted by Gasteiger charge is -2.26. The molecule has 33 heavy (non-hydrogen) atoms. The van der Waals surface area contributed by atoms with Crippen LogP contribution in [0.2, 0.25) is 0 Å². The van der Waals surface area contributed by atoms with E-state index in [0.29, 0.717) is 12.5 Å². The highest BCUT2D eigenvalue weighted by Crippen LogP contribution is 2.28. The maximum absolute atomic E-state index is 12.8. The van der Waals surface area contributed by atoms with E-state index in [4.69, 9.17) is 0 Å². The molecule has 0 spiro atoms. The fourth-order valence-electron chi connectivity index (χ4n) is 4.93. The zero-order valence-electron chi connectivity index (χ0n) is 19.6. The number of amides is 2. The predicted molar refractivity (Wildman–Crippen MR) is 143 cm³/mol. The highest BCUT2D eigenvalue weighted by molar-refractivity contribution is 14.0. The minimum absolute atomic E-state index is 0. The van der Waals surface area contributed by atoms with Gasteiger partial charge in [0.15, 0.2) is 5.96 Å². The monoisotopic (exact) mass is 567 g/mol. The summed E-state index contributed by atoms with van der Waals surface area (Å²) < 4.78 is 0. The van der Waals surface area contributed by atoms with Crippen molar-refractivity contribution in [1.29, 1.82) is 0 Å². The third-order valence-electron chi connectivity index (χ3n) is 7.15. The Balaban J connectivity index is 0.00000306. The lowest BCUT2D eigenvalue weighted by atomic mass is 9.85. The molecule has 0 bridgehead atoms. The fraction of sp³-hybridized carbons (Fsp3) is 0.640. The number of rotatable bonds is 6. The molecular weight excluding hydrogens is 529 g/mol. The van der Waals surface area contributed by atoms with E-state index >= 15 is 0 Å². The number of aliphatic imine (C=N–C) groups is 1. The summed E-state index contributed by atoms with van der Waals surface area (Å²) in [6.45, 7) is 2.19. The lowest BCUT2D eigenvalue weighted by Crippen LogP contribution is -2.45. The van der Waals surface area contributed by atoms with E-state index in [2.05, 4.69) is 20.9 Å². The summed E-state index contributed by atoms with van der Waals surface area (Å²) in [6.07, 6.45) is 9.85. The van der Waals surface area contributed by atoms with Gasteiger partial charge in [0.25, 0.3) is 0 Å². The van der Waals surface area contributed by atoms with Crippen molar-refractivity contribution in [3.05, 3.63) is 29.8 Å². The van der Waals surface area contributed by atoms with Crippen molar-refractivity contribution in [3.63, 3.8) is 0 Å². The smallest absolute Gasteiger partial charge is 0.227 e. The van der Waals surface area contributed by atoms with Crippen LogP contribution in [-0.4, -0.2) is 48.9 Å². The quantitative estimate of drug-likeness (QED) is 0.277. The van der Waals surface area contributed by atoms with Crippen LogP contribution in [0.1, 0.15) is 63.4 Å². The van der Waals surface area contributed by atoms with Crippen molar-refractivity contribution in [3.8, 4) is 0 Å². The second kappa shape index (κ2) is 12.6. The molecule has 7 nitrogen and oxygen atoms in total. The molecule has 2 saturated carbocycles. The number of hydrogen-bond donors (Lipinski definition) is 3.